The van der Waals surface area contributed by atoms with Gasteiger partial charge in [0.05, 0.1) is 59.4 Å². The van der Waals surface area contributed by atoms with Crippen molar-refractivity contribution in [3.8, 4) is 23.1 Å². The van der Waals surface area contributed by atoms with Crippen LogP contribution >= 0.6 is 11.6 Å². The molecule has 5 N–H and O–H groups in total. The zero-order chi connectivity index (χ0) is 52.6. The highest BCUT2D eigenvalue weighted by Crippen LogP contribution is 2.39. The predicted molar refractivity (Wildman–Crippen MR) is 298 cm³/mol. The van der Waals surface area contributed by atoms with Gasteiger partial charge in [-0.2, -0.15) is 9.97 Å². The molecule has 380 valence electrons. The second-order valence-electron chi connectivity index (χ2n) is 17.0. The van der Waals surface area contributed by atoms with Crippen LogP contribution < -0.4 is 41.0 Å². The number of allylic oxidation sites excluding steroid dienone is 1. The summed E-state index contributed by atoms with van der Waals surface area (Å²) >= 11 is 4.71. The number of amides is 1. The van der Waals surface area contributed by atoms with Crippen molar-refractivity contribution in [3.05, 3.63) is 147 Å². The third kappa shape index (κ3) is 14.3. The van der Waals surface area contributed by atoms with Crippen molar-refractivity contribution in [2.24, 2.45) is 0 Å². The zero-order valence-corrected chi connectivity index (χ0v) is 43.3. The molecule has 73 heavy (non-hydrogen) atoms. The number of ether oxygens (including phenoxy) is 2. The molecule has 8 aromatic rings. The summed E-state index contributed by atoms with van der Waals surface area (Å²) in [5.41, 5.74) is 12.9. The minimum atomic E-state index is -0.509. The van der Waals surface area contributed by atoms with Crippen LogP contribution in [0.25, 0.3) is 33.4 Å². The summed E-state index contributed by atoms with van der Waals surface area (Å²) in [6, 6.07) is 31.7. The number of para-hydroxylation sites is 2. The lowest BCUT2D eigenvalue weighted by Gasteiger charge is -2.26. The molecule has 0 aliphatic carbocycles. The molecule has 0 aliphatic heterocycles. The molecular formula is C54H63ClN14O4. The number of aromatic nitrogens is 6. The molecule has 4 heterocycles. The van der Waals surface area contributed by atoms with Crippen molar-refractivity contribution in [2.45, 2.75) is 0 Å². The van der Waals surface area contributed by atoms with Gasteiger partial charge in [0.1, 0.15) is 23.1 Å². The standard InChI is InChI=1S/C27H31N7O2.C24H29N7O.C3H3ClO/c1-6-26(35)29-20-17-21(24(36-5)18-23(20)33(4)16-15-32(2)3)30-27-28-13-11-25(31-27)34-14-12-19-9-7-8-10-22(19)34;1-29(2)13-14-30(3)21-16-22(32-4)19(15-18(21)25)27-24-26-11-9-23(28-24)31-12-10-17-7-5-6-8-20(17)31;1-2-3(4)5/h6-14,17-18H,1,15-16H2,2-5H3,(H,29,35)(H,28,30,31);5-12,15-16H,13-14,25H2,1-4H3,(H,26,27,28);2H,1H2. The molecule has 0 aliphatic rings. The van der Waals surface area contributed by atoms with Crippen molar-refractivity contribution in [1.82, 2.24) is 38.9 Å². The number of nitrogen functional groups attached to an aromatic ring is 1. The first-order valence-corrected chi connectivity index (χ1v) is 23.5. The molecule has 0 unspecified atom stereocenters. The molecule has 0 atom stereocenters. The van der Waals surface area contributed by atoms with Gasteiger partial charge >= 0.3 is 0 Å². The smallest absolute Gasteiger partial charge is 0.247 e. The predicted octanol–water partition coefficient (Wildman–Crippen LogP) is 8.99. The highest BCUT2D eigenvalue weighted by Gasteiger charge is 2.18. The normalized spacial score (nSPS) is 10.7. The fourth-order valence-corrected chi connectivity index (χ4v) is 7.45. The van der Waals surface area contributed by atoms with Crippen molar-refractivity contribution >= 4 is 90.6 Å². The first-order chi connectivity index (χ1) is 35.1. The number of carbonyl (C=O) groups excluding carboxylic acids is 2. The molecular weight excluding hydrogens is 944 g/mol. The van der Waals surface area contributed by atoms with E-state index in [0.717, 1.165) is 77.1 Å². The van der Waals surface area contributed by atoms with Crippen LogP contribution in [0.3, 0.4) is 0 Å². The maximum absolute atomic E-state index is 12.2. The van der Waals surface area contributed by atoms with Gasteiger partial charge in [-0.1, -0.05) is 49.6 Å². The Morgan fingerprint density at radius 1 is 0.630 bits per heavy atom. The first-order valence-electron chi connectivity index (χ1n) is 23.1. The number of nitrogens with two attached hydrogens (primary N) is 1. The van der Waals surface area contributed by atoms with E-state index in [9.17, 15) is 9.59 Å². The average molecular weight is 1010 g/mol. The third-order valence-corrected chi connectivity index (χ3v) is 11.5. The van der Waals surface area contributed by atoms with E-state index in [0.29, 0.717) is 46.1 Å². The van der Waals surface area contributed by atoms with Gasteiger partial charge in [0.2, 0.25) is 23.0 Å². The summed E-state index contributed by atoms with van der Waals surface area (Å²) < 4.78 is 15.4. The lowest BCUT2D eigenvalue weighted by Crippen LogP contribution is -2.29. The second kappa shape index (κ2) is 25.6. The van der Waals surface area contributed by atoms with E-state index in [4.69, 9.17) is 36.8 Å². The average Bonchev–Trinajstić information content (AvgIpc) is 4.03. The Bertz CT molecular complexity index is 3170. The Balaban J connectivity index is 0.000000219. The number of rotatable bonds is 19. The van der Waals surface area contributed by atoms with Gasteiger partial charge in [0.25, 0.3) is 0 Å². The van der Waals surface area contributed by atoms with Crippen LogP contribution in [0.1, 0.15) is 0 Å². The summed E-state index contributed by atoms with van der Waals surface area (Å²) in [7, 11) is 15.4. The summed E-state index contributed by atoms with van der Waals surface area (Å²) in [4.78, 5) is 48.3. The quantitative estimate of drug-likeness (QED) is 0.0341. The Morgan fingerprint density at radius 2 is 1.08 bits per heavy atom. The molecule has 4 aromatic carbocycles. The van der Waals surface area contributed by atoms with Crippen LogP contribution in [0.4, 0.5) is 46.0 Å². The lowest BCUT2D eigenvalue weighted by molar-refractivity contribution is -0.112. The van der Waals surface area contributed by atoms with E-state index < -0.39 is 5.24 Å². The summed E-state index contributed by atoms with van der Waals surface area (Å²) in [5.74, 6) is 3.34. The number of benzene rings is 4. The molecule has 0 saturated carbocycles. The number of likely N-dealkylation sites (N-methyl/N-ethyl adjacent to an activating group) is 4. The van der Waals surface area contributed by atoms with Crippen molar-refractivity contribution < 1.29 is 19.1 Å². The monoisotopic (exact) mass is 1010 g/mol. The number of hydrogen-bond acceptors (Lipinski definition) is 15. The van der Waals surface area contributed by atoms with E-state index >= 15 is 0 Å². The largest absolute Gasteiger partial charge is 0.494 e. The number of hydrogen-bond donors (Lipinski definition) is 4. The van der Waals surface area contributed by atoms with Crippen LogP contribution in [0.15, 0.2) is 147 Å². The number of nitrogens with zero attached hydrogens (tertiary/aromatic N) is 10. The molecule has 19 heteroatoms. The topological polar surface area (TPSA) is 189 Å². The van der Waals surface area contributed by atoms with Crippen molar-refractivity contribution in [1.29, 1.82) is 0 Å². The molecule has 0 saturated heterocycles. The fraction of sp³-hybridized carbons (Fsp3) is 0.222. The number of anilines is 8. The Morgan fingerprint density at radius 3 is 1.53 bits per heavy atom. The molecule has 0 bridgehead atoms. The Hall–Kier alpha value is -8.45. The molecule has 4 aromatic heterocycles. The van der Waals surface area contributed by atoms with Crippen LogP contribution in [0.5, 0.6) is 11.5 Å². The number of halogens is 1. The number of methoxy groups -OCH3 is 2. The van der Waals surface area contributed by atoms with Gasteiger partial charge in [-0.3, -0.25) is 9.59 Å². The molecule has 0 spiro atoms. The number of fused-ring (bicyclic) bond motifs is 2. The van der Waals surface area contributed by atoms with Gasteiger partial charge in [0.15, 0.2) is 0 Å². The van der Waals surface area contributed by atoms with Crippen LogP contribution in [-0.2, 0) is 9.59 Å². The Labute approximate surface area is 431 Å². The van der Waals surface area contributed by atoms with E-state index in [1.165, 1.54) is 6.08 Å². The summed E-state index contributed by atoms with van der Waals surface area (Å²) in [6.07, 6.45) is 9.72. The van der Waals surface area contributed by atoms with E-state index in [-0.39, 0.29) is 5.91 Å². The first kappa shape index (κ1) is 53.9. The highest BCUT2D eigenvalue weighted by atomic mass is 35.5. The minimum absolute atomic E-state index is 0.300. The highest BCUT2D eigenvalue weighted by molar-refractivity contribution is 6.66. The molecule has 8 rings (SSSR count). The Kier molecular flexibility index (Phi) is 18.9. The molecule has 1 amide bonds. The second-order valence-corrected chi connectivity index (χ2v) is 17.4. The van der Waals surface area contributed by atoms with E-state index in [2.05, 4.69) is 97.0 Å². The minimum Gasteiger partial charge on any atom is -0.494 e. The summed E-state index contributed by atoms with van der Waals surface area (Å²) in [6.45, 7) is 10.0. The third-order valence-electron chi connectivity index (χ3n) is 11.3. The van der Waals surface area contributed by atoms with Crippen LogP contribution in [0.2, 0.25) is 0 Å². The number of carbonyl (C=O) groups is 2. The molecule has 18 nitrogen and oxygen atoms in total. The van der Waals surface area contributed by atoms with Crippen LogP contribution in [-0.4, -0.2) is 133 Å². The van der Waals surface area contributed by atoms with E-state index in [1.54, 1.807) is 26.6 Å². The number of nitrogens with one attached hydrogen (secondary N) is 3. The zero-order valence-electron chi connectivity index (χ0n) is 42.5. The van der Waals surface area contributed by atoms with Crippen molar-refractivity contribution in [2.75, 3.05) is 114 Å². The van der Waals surface area contributed by atoms with Gasteiger partial charge in [-0.25, -0.2) is 9.97 Å². The maximum Gasteiger partial charge on any atom is 0.247 e. The fourth-order valence-electron chi connectivity index (χ4n) is 7.45. The van der Waals surface area contributed by atoms with Crippen molar-refractivity contribution in [3.63, 3.8) is 0 Å². The maximum atomic E-state index is 12.2. The van der Waals surface area contributed by atoms with Gasteiger partial charge < -0.3 is 59.9 Å². The van der Waals surface area contributed by atoms with Gasteiger partial charge in [0, 0.05) is 77.2 Å². The van der Waals surface area contributed by atoms with Crippen LogP contribution in [0, 0.1) is 0 Å². The SMILES string of the molecule is C=CC(=O)Cl.C=CC(=O)Nc1cc(Nc2nccc(-n3ccc4ccccc43)n2)c(OC)cc1N(C)CCN(C)C.COc1cc(N(C)CCN(C)C)c(N)cc1Nc1nccc(-n2ccc3ccccc32)n1. The molecule has 0 radical (unpaired) electrons. The van der Waals surface area contributed by atoms with Gasteiger partial charge in [-0.15, -0.1) is 0 Å². The van der Waals surface area contributed by atoms with E-state index in [1.807, 2.05) is 123 Å². The summed E-state index contributed by atoms with van der Waals surface area (Å²) in [5, 5.41) is 11.2. The lowest BCUT2D eigenvalue weighted by atomic mass is 10.2. The van der Waals surface area contributed by atoms with Gasteiger partial charge in [-0.05, 0) is 111 Å². The molecule has 0 fully saturated rings.